The molecule has 0 amide bonds. The zero-order valence-electron chi connectivity index (χ0n) is 12.2. The smallest absolute Gasteiger partial charge is 0.345 e. The SMILES string of the molecule is CSc1sc(C(=O)O)cc1-c1nc(CSc2ccccc2)cs1. The summed E-state index contributed by atoms with van der Waals surface area (Å²) in [7, 11) is 0. The minimum Gasteiger partial charge on any atom is -0.477 e. The maximum Gasteiger partial charge on any atom is 0.345 e. The fraction of sp³-hybridized carbons (Fsp3) is 0.125. The van der Waals surface area contributed by atoms with Gasteiger partial charge in [0.25, 0.3) is 0 Å². The van der Waals surface area contributed by atoms with Crippen LogP contribution in [0.2, 0.25) is 0 Å². The number of carboxylic acid groups (broad SMARTS) is 1. The average Bonchev–Trinajstić information content (AvgIpc) is 3.20. The molecular weight excluding hydrogens is 366 g/mol. The van der Waals surface area contributed by atoms with Crippen LogP contribution < -0.4 is 0 Å². The number of carboxylic acids is 1. The Morgan fingerprint density at radius 3 is 2.78 bits per heavy atom. The van der Waals surface area contributed by atoms with Crippen molar-refractivity contribution in [3.05, 3.63) is 52.3 Å². The van der Waals surface area contributed by atoms with Gasteiger partial charge in [0.1, 0.15) is 9.88 Å². The summed E-state index contributed by atoms with van der Waals surface area (Å²) in [4.78, 5) is 17.4. The molecule has 0 aliphatic rings. The minimum atomic E-state index is -0.882. The maximum atomic E-state index is 11.2. The number of nitrogens with zero attached hydrogens (tertiary/aromatic N) is 1. The lowest BCUT2D eigenvalue weighted by Gasteiger charge is -1.98. The lowest BCUT2D eigenvalue weighted by molar-refractivity contribution is 0.0702. The number of hydrogen-bond acceptors (Lipinski definition) is 6. The van der Waals surface area contributed by atoms with Gasteiger partial charge in [-0.25, -0.2) is 9.78 Å². The molecule has 23 heavy (non-hydrogen) atoms. The predicted molar refractivity (Wildman–Crippen MR) is 100 cm³/mol. The van der Waals surface area contributed by atoms with Crippen molar-refractivity contribution in [1.29, 1.82) is 0 Å². The summed E-state index contributed by atoms with van der Waals surface area (Å²) in [6, 6.07) is 12.0. The van der Waals surface area contributed by atoms with Crippen molar-refractivity contribution >= 4 is 52.2 Å². The first-order valence-corrected chi connectivity index (χ1v) is 10.6. The highest BCUT2D eigenvalue weighted by atomic mass is 32.2. The zero-order chi connectivity index (χ0) is 16.2. The topological polar surface area (TPSA) is 50.2 Å². The van der Waals surface area contributed by atoms with Crippen LogP contribution in [-0.2, 0) is 5.75 Å². The number of thioether (sulfide) groups is 2. The van der Waals surface area contributed by atoms with Gasteiger partial charge in [-0.3, -0.25) is 0 Å². The van der Waals surface area contributed by atoms with Crippen molar-refractivity contribution in [3.63, 3.8) is 0 Å². The van der Waals surface area contributed by atoms with Crippen molar-refractivity contribution in [2.45, 2.75) is 14.9 Å². The number of hydrogen-bond donors (Lipinski definition) is 1. The van der Waals surface area contributed by atoms with Crippen LogP contribution in [0.1, 0.15) is 15.4 Å². The van der Waals surface area contributed by atoms with Gasteiger partial charge in [-0.15, -0.1) is 46.2 Å². The predicted octanol–water partition coefficient (Wildman–Crippen LogP) is 5.58. The molecule has 0 saturated heterocycles. The number of thiazole rings is 1. The molecule has 0 atom stereocenters. The van der Waals surface area contributed by atoms with Crippen LogP contribution in [-0.4, -0.2) is 22.3 Å². The number of carbonyl (C=O) groups is 1. The third-order valence-corrected chi connectivity index (χ3v) is 7.23. The van der Waals surface area contributed by atoms with E-state index in [4.69, 9.17) is 5.11 Å². The van der Waals surface area contributed by atoms with Gasteiger partial charge in [0, 0.05) is 21.6 Å². The van der Waals surface area contributed by atoms with Gasteiger partial charge in [0.2, 0.25) is 0 Å². The number of aromatic nitrogens is 1. The molecule has 3 aromatic rings. The van der Waals surface area contributed by atoms with Crippen LogP contribution >= 0.6 is 46.2 Å². The summed E-state index contributed by atoms with van der Waals surface area (Å²) in [6.45, 7) is 0. The second-order valence-electron chi connectivity index (χ2n) is 4.57. The van der Waals surface area contributed by atoms with E-state index in [1.165, 1.54) is 16.2 Å². The second-order valence-corrected chi connectivity index (χ2v) is 8.60. The standard InChI is InChI=1S/C16H13NO2S4/c1-20-16-12(7-13(23-16)15(18)19)14-17-10(9-22-14)8-21-11-5-3-2-4-6-11/h2-7,9H,8H2,1H3,(H,18,19). The van der Waals surface area contributed by atoms with Crippen LogP contribution in [0.4, 0.5) is 0 Å². The highest BCUT2D eigenvalue weighted by Crippen LogP contribution is 2.39. The van der Waals surface area contributed by atoms with Crippen molar-refractivity contribution in [2.75, 3.05) is 6.26 Å². The van der Waals surface area contributed by atoms with Gasteiger partial charge in [-0.2, -0.15) is 0 Å². The zero-order valence-corrected chi connectivity index (χ0v) is 15.5. The molecule has 0 bridgehead atoms. The molecule has 7 heteroatoms. The molecular formula is C16H13NO2S4. The lowest BCUT2D eigenvalue weighted by atomic mass is 10.3. The van der Waals surface area contributed by atoms with Gasteiger partial charge in [0.05, 0.1) is 9.90 Å². The van der Waals surface area contributed by atoms with Crippen LogP contribution in [0, 0.1) is 0 Å². The lowest BCUT2D eigenvalue weighted by Crippen LogP contribution is -1.89. The third-order valence-electron chi connectivity index (χ3n) is 3.01. The summed E-state index contributed by atoms with van der Waals surface area (Å²) < 4.78 is 0.999. The first kappa shape index (κ1) is 16.6. The number of rotatable bonds is 6. The van der Waals surface area contributed by atoms with E-state index in [2.05, 4.69) is 17.1 Å². The fourth-order valence-corrected chi connectivity index (χ4v) is 5.55. The number of aromatic carboxylic acids is 1. The number of thiophene rings is 1. The van der Waals surface area contributed by atoms with Crippen molar-refractivity contribution in [3.8, 4) is 10.6 Å². The van der Waals surface area contributed by atoms with E-state index < -0.39 is 5.97 Å². The van der Waals surface area contributed by atoms with Gasteiger partial charge in [-0.05, 0) is 24.5 Å². The van der Waals surface area contributed by atoms with Gasteiger partial charge in [0.15, 0.2) is 0 Å². The van der Waals surface area contributed by atoms with E-state index in [1.54, 1.807) is 40.9 Å². The fourth-order valence-electron chi connectivity index (χ4n) is 1.95. The highest BCUT2D eigenvalue weighted by Gasteiger charge is 2.17. The van der Waals surface area contributed by atoms with Crippen LogP contribution in [0.5, 0.6) is 0 Å². The molecule has 118 valence electrons. The summed E-state index contributed by atoms with van der Waals surface area (Å²) in [6.07, 6.45) is 1.96. The monoisotopic (exact) mass is 379 g/mol. The Hall–Kier alpha value is -1.28. The molecule has 0 saturated carbocycles. The van der Waals surface area contributed by atoms with E-state index in [9.17, 15) is 4.79 Å². The number of benzene rings is 1. The minimum absolute atomic E-state index is 0.361. The summed E-state index contributed by atoms with van der Waals surface area (Å²) >= 11 is 6.19. The van der Waals surface area contributed by atoms with E-state index in [1.807, 2.05) is 29.8 Å². The Morgan fingerprint density at radius 1 is 1.30 bits per heavy atom. The van der Waals surface area contributed by atoms with Crippen LogP contribution in [0.25, 0.3) is 10.6 Å². The molecule has 1 N–H and O–H groups in total. The molecule has 0 unspecified atom stereocenters. The molecule has 0 aliphatic carbocycles. The first-order valence-electron chi connectivity index (χ1n) is 6.71. The van der Waals surface area contributed by atoms with Gasteiger partial charge < -0.3 is 5.11 Å². The Balaban J connectivity index is 1.78. The maximum absolute atomic E-state index is 11.2. The largest absolute Gasteiger partial charge is 0.477 e. The Bertz CT molecular complexity index is 811. The van der Waals surface area contributed by atoms with E-state index in [0.29, 0.717) is 4.88 Å². The summed E-state index contributed by atoms with van der Waals surface area (Å²) in [5.74, 6) is -0.0710. The first-order chi connectivity index (χ1) is 11.2. The average molecular weight is 380 g/mol. The summed E-state index contributed by atoms with van der Waals surface area (Å²) in [5, 5.41) is 12.1. The summed E-state index contributed by atoms with van der Waals surface area (Å²) in [5.41, 5.74) is 1.95. The molecule has 0 spiro atoms. The van der Waals surface area contributed by atoms with E-state index >= 15 is 0 Å². The quantitative estimate of drug-likeness (QED) is 0.566. The van der Waals surface area contributed by atoms with Gasteiger partial charge >= 0.3 is 5.97 Å². The Labute approximate surface area is 150 Å². The molecule has 1 aromatic carbocycles. The Kier molecular flexibility index (Phi) is 5.42. The Morgan fingerprint density at radius 2 is 2.09 bits per heavy atom. The molecule has 3 rings (SSSR count). The van der Waals surface area contributed by atoms with Crippen LogP contribution in [0.3, 0.4) is 0 Å². The van der Waals surface area contributed by atoms with Crippen molar-refractivity contribution in [1.82, 2.24) is 4.98 Å². The molecule has 0 fully saturated rings. The molecule has 2 heterocycles. The second kappa shape index (κ2) is 7.53. The molecule has 0 radical (unpaired) electrons. The molecule has 0 aliphatic heterocycles. The third kappa shape index (κ3) is 3.98. The van der Waals surface area contributed by atoms with E-state index in [-0.39, 0.29) is 0 Å². The van der Waals surface area contributed by atoms with Crippen molar-refractivity contribution in [2.24, 2.45) is 0 Å². The van der Waals surface area contributed by atoms with Crippen molar-refractivity contribution < 1.29 is 9.90 Å². The molecule has 3 nitrogen and oxygen atoms in total. The van der Waals surface area contributed by atoms with Crippen LogP contribution in [0.15, 0.2) is 50.9 Å². The highest BCUT2D eigenvalue weighted by molar-refractivity contribution is 8.00. The normalized spacial score (nSPS) is 10.8. The molecule has 2 aromatic heterocycles. The van der Waals surface area contributed by atoms with Gasteiger partial charge in [-0.1, -0.05) is 18.2 Å². The van der Waals surface area contributed by atoms with E-state index in [0.717, 1.165) is 26.2 Å².